The van der Waals surface area contributed by atoms with Gasteiger partial charge in [0.1, 0.15) is 5.82 Å². The largest absolute Gasteiger partial charge is 0.289 e. The first-order valence-corrected chi connectivity index (χ1v) is 8.27. The topological polar surface area (TPSA) is 67.2 Å². The lowest BCUT2D eigenvalue weighted by Gasteiger charge is -2.32. The van der Waals surface area contributed by atoms with Crippen LogP contribution in [0, 0.1) is 12.7 Å². The minimum Gasteiger partial charge on any atom is -0.289 e. The lowest BCUT2D eigenvalue weighted by molar-refractivity contribution is -0.136. The van der Waals surface area contributed by atoms with Crippen LogP contribution in [0.1, 0.15) is 42.1 Å². The van der Waals surface area contributed by atoms with E-state index in [1.54, 1.807) is 24.5 Å². The summed E-state index contributed by atoms with van der Waals surface area (Å²) in [6.45, 7) is 4.52. The van der Waals surface area contributed by atoms with Crippen LogP contribution in [0.15, 0.2) is 24.4 Å². The molecular weight excluding hydrogens is 309 g/mol. The number of rotatable bonds is 3. The highest BCUT2D eigenvalue weighted by Crippen LogP contribution is 2.40. The second kappa shape index (κ2) is 6.36. The standard InChI is InChI=1S/C18H22FN3O2/c1-3-22-11-13-7-9-18(17(23)21-24,10-8-16(13)20-22)14-5-4-6-15(19)12(14)2/h4-6,11,24H,3,7-10H2,1-2H3,(H,21,23). The highest BCUT2D eigenvalue weighted by molar-refractivity contribution is 5.88. The summed E-state index contributed by atoms with van der Waals surface area (Å²) in [5.41, 5.74) is 4.06. The van der Waals surface area contributed by atoms with Crippen LogP contribution < -0.4 is 5.48 Å². The lowest BCUT2D eigenvalue weighted by Crippen LogP contribution is -2.44. The van der Waals surface area contributed by atoms with E-state index < -0.39 is 11.3 Å². The number of carbonyl (C=O) groups is 1. The van der Waals surface area contributed by atoms with E-state index in [1.165, 1.54) is 6.07 Å². The van der Waals surface area contributed by atoms with Gasteiger partial charge < -0.3 is 0 Å². The molecular formula is C18H22FN3O2. The predicted octanol–water partition coefficient (Wildman–Crippen LogP) is 2.67. The van der Waals surface area contributed by atoms with Crippen molar-refractivity contribution in [2.75, 3.05) is 0 Å². The number of benzene rings is 1. The molecule has 2 aromatic rings. The molecule has 5 nitrogen and oxygen atoms in total. The molecule has 1 aromatic carbocycles. The van der Waals surface area contributed by atoms with E-state index in [4.69, 9.17) is 0 Å². The van der Waals surface area contributed by atoms with Crippen LogP contribution in [0.2, 0.25) is 0 Å². The Kier molecular flexibility index (Phi) is 4.41. The zero-order valence-corrected chi connectivity index (χ0v) is 14.0. The zero-order chi connectivity index (χ0) is 17.3. The minimum absolute atomic E-state index is 0.337. The Hall–Kier alpha value is -2.21. The highest BCUT2D eigenvalue weighted by Gasteiger charge is 2.43. The van der Waals surface area contributed by atoms with Gasteiger partial charge in [-0.05, 0) is 62.3 Å². The first-order valence-electron chi connectivity index (χ1n) is 8.27. The molecule has 0 saturated carbocycles. The lowest BCUT2D eigenvalue weighted by atomic mass is 9.71. The number of fused-ring (bicyclic) bond motifs is 1. The van der Waals surface area contributed by atoms with E-state index in [0.29, 0.717) is 36.8 Å². The Labute approximate surface area is 140 Å². The quantitative estimate of drug-likeness (QED) is 0.516. The summed E-state index contributed by atoms with van der Waals surface area (Å²) in [5, 5.41) is 13.9. The summed E-state index contributed by atoms with van der Waals surface area (Å²) < 4.78 is 16.0. The van der Waals surface area contributed by atoms with Gasteiger partial charge in [0.05, 0.1) is 11.1 Å². The number of carbonyl (C=O) groups excluding carboxylic acids is 1. The van der Waals surface area contributed by atoms with Crippen LogP contribution >= 0.6 is 0 Å². The Morgan fingerprint density at radius 1 is 1.42 bits per heavy atom. The fourth-order valence-corrected chi connectivity index (χ4v) is 3.74. The maximum Gasteiger partial charge on any atom is 0.254 e. The van der Waals surface area contributed by atoms with Crippen LogP contribution in [0.3, 0.4) is 0 Å². The van der Waals surface area contributed by atoms with Crippen LogP contribution in [0.4, 0.5) is 4.39 Å². The zero-order valence-electron chi connectivity index (χ0n) is 14.0. The fourth-order valence-electron chi connectivity index (χ4n) is 3.74. The first kappa shape index (κ1) is 16.6. The molecule has 128 valence electrons. The SMILES string of the molecule is CCn1cc2c(n1)CCC(C(=O)NO)(c1cccc(F)c1C)CC2. The maximum absolute atomic E-state index is 14.1. The van der Waals surface area contributed by atoms with Gasteiger partial charge in [0, 0.05) is 12.7 Å². The molecule has 1 aromatic heterocycles. The highest BCUT2D eigenvalue weighted by atomic mass is 19.1. The molecule has 0 aliphatic heterocycles. The summed E-state index contributed by atoms with van der Waals surface area (Å²) in [4.78, 5) is 12.6. The molecule has 1 atom stereocenters. The molecule has 0 radical (unpaired) electrons. The summed E-state index contributed by atoms with van der Waals surface area (Å²) in [5.74, 6) is -0.819. The van der Waals surface area contributed by atoms with Gasteiger partial charge in [-0.3, -0.25) is 14.7 Å². The number of hydroxylamine groups is 1. The van der Waals surface area contributed by atoms with E-state index >= 15 is 0 Å². The number of hydrogen-bond acceptors (Lipinski definition) is 3. The Balaban J connectivity index is 2.04. The van der Waals surface area contributed by atoms with Crippen LogP contribution in [0.25, 0.3) is 0 Å². The van der Waals surface area contributed by atoms with E-state index in [1.807, 2.05) is 17.8 Å². The average Bonchev–Trinajstić information content (AvgIpc) is 2.91. The normalized spacial score (nSPS) is 20.3. The molecule has 0 fully saturated rings. The van der Waals surface area contributed by atoms with Crippen molar-refractivity contribution < 1.29 is 14.4 Å². The number of amides is 1. The third-order valence-corrected chi connectivity index (χ3v) is 5.18. The van der Waals surface area contributed by atoms with Gasteiger partial charge in [-0.25, -0.2) is 9.87 Å². The van der Waals surface area contributed by atoms with Crippen molar-refractivity contribution in [3.63, 3.8) is 0 Å². The summed E-state index contributed by atoms with van der Waals surface area (Å²) in [6, 6.07) is 4.79. The van der Waals surface area contributed by atoms with Gasteiger partial charge >= 0.3 is 0 Å². The van der Waals surface area contributed by atoms with Crippen LogP contribution in [-0.4, -0.2) is 20.9 Å². The van der Waals surface area contributed by atoms with E-state index in [-0.39, 0.29) is 5.82 Å². The van der Waals surface area contributed by atoms with Gasteiger partial charge in [-0.1, -0.05) is 12.1 Å². The van der Waals surface area contributed by atoms with Crippen molar-refractivity contribution in [3.05, 3.63) is 52.6 Å². The van der Waals surface area contributed by atoms with E-state index in [0.717, 1.165) is 17.8 Å². The number of nitrogens with zero attached hydrogens (tertiary/aromatic N) is 2. The molecule has 2 N–H and O–H groups in total. The van der Waals surface area contributed by atoms with Crippen molar-refractivity contribution in [2.24, 2.45) is 0 Å². The van der Waals surface area contributed by atoms with Crippen molar-refractivity contribution in [1.82, 2.24) is 15.3 Å². The van der Waals surface area contributed by atoms with Crippen LogP contribution in [-0.2, 0) is 29.6 Å². The van der Waals surface area contributed by atoms with Crippen molar-refractivity contribution >= 4 is 5.91 Å². The molecule has 3 rings (SSSR count). The molecule has 24 heavy (non-hydrogen) atoms. The number of halogens is 1. The molecule has 1 amide bonds. The predicted molar refractivity (Wildman–Crippen MR) is 87.3 cm³/mol. The van der Waals surface area contributed by atoms with Crippen LogP contribution in [0.5, 0.6) is 0 Å². The third-order valence-electron chi connectivity index (χ3n) is 5.18. The summed E-state index contributed by atoms with van der Waals surface area (Å²) in [7, 11) is 0. The maximum atomic E-state index is 14.1. The van der Waals surface area contributed by atoms with Gasteiger partial charge in [0.15, 0.2) is 0 Å². The minimum atomic E-state index is -0.953. The smallest absolute Gasteiger partial charge is 0.254 e. The van der Waals surface area contributed by atoms with Gasteiger partial charge in [-0.15, -0.1) is 0 Å². The molecule has 1 aliphatic carbocycles. The van der Waals surface area contributed by atoms with Crippen molar-refractivity contribution in [2.45, 2.75) is 51.5 Å². The van der Waals surface area contributed by atoms with E-state index in [2.05, 4.69) is 5.10 Å². The third kappa shape index (κ3) is 2.60. The molecule has 0 spiro atoms. The van der Waals surface area contributed by atoms with Gasteiger partial charge in [0.2, 0.25) is 0 Å². The molecule has 1 unspecified atom stereocenters. The first-order chi connectivity index (χ1) is 11.5. The molecule has 1 heterocycles. The van der Waals surface area contributed by atoms with Crippen molar-refractivity contribution in [3.8, 4) is 0 Å². The van der Waals surface area contributed by atoms with Gasteiger partial charge in [-0.2, -0.15) is 5.10 Å². The molecule has 0 saturated heterocycles. The second-order valence-corrected chi connectivity index (χ2v) is 6.39. The fraction of sp³-hybridized carbons (Fsp3) is 0.444. The van der Waals surface area contributed by atoms with Gasteiger partial charge in [0.25, 0.3) is 5.91 Å². The molecule has 0 bridgehead atoms. The Morgan fingerprint density at radius 3 is 2.88 bits per heavy atom. The number of aromatic nitrogens is 2. The summed E-state index contributed by atoms with van der Waals surface area (Å²) >= 11 is 0. The number of aryl methyl sites for hydroxylation is 3. The number of nitrogens with one attached hydrogen (secondary N) is 1. The Morgan fingerprint density at radius 2 is 2.17 bits per heavy atom. The molecule has 1 aliphatic rings. The van der Waals surface area contributed by atoms with Crippen molar-refractivity contribution in [1.29, 1.82) is 0 Å². The average molecular weight is 331 g/mol. The Bertz CT molecular complexity index is 744. The van der Waals surface area contributed by atoms with E-state index in [9.17, 15) is 14.4 Å². The number of hydrogen-bond donors (Lipinski definition) is 2. The second-order valence-electron chi connectivity index (χ2n) is 6.39. The monoisotopic (exact) mass is 331 g/mol. The summed E-state index contributed by atoms with van der Waals surface area (Å²) in [6.07, 6.45) is 4.29. The molecule has 6 heteroatoms.